The Morgan fingerprint density at radius 3 is 2.58 bits per heavy atom. The summed E-state index contributed by atoms with van der Waals surface area (Å²) in [7, 11) is 0. The van der Waals surface area contributed by atoms with Crippen LogP contribution in [0.1, 0.15) is 26.2 Å². The summed E-state index contributed by atoms with van der Waals surface area (Å²) < 4.78 is 0. The number of thioether (sulfide) groups is 1. The van der Waals surface area contributed by atoms with Crippen LogP contribution in [0, 0.1) is 11.8 Å². The highest BCUT2D eigenvalue weighted by atomic mass is 32.2. The van der Waals surface area contributed by atoms with Gasteiger partial charge in [-0.3, -0.25) is 9.59 Å². The van der Waals surface area contributed by atoms with Gasteiger partial charge in [0.25, 0.3) is 0 Å². The molecule has 1 aromatic rings. The number of ketones is 1. The van der Waals surface area contributed by atoms with Crippen molar-refractivity contribution < 1.29 is 14.7 Å². The minimum Gasteiger partial charge on any atom is -0.481 e. The van der Waals surface area contributed by atoms with Gasteiger partial charge in [-0.2, -0.15) is 0 Å². The van der Waals surface area contributed by atoms with Crippen LogP contribution in [0.15, 0.2) is 35.2 Å². The molecule has 1 aromatic carbocycles. The van der Waals surface area contributed by atoms with Crippen LogP contribution in [0.25, 0.3) is 0 Å². The molecule has 19 heavy (non-hydrogen) atoms. The topological polar surface area (TPSA) is 54.4 Å². The molecule has 1 aliphatic rings. The van der Waals surface area contributed by atoms with Crippen molar-refractivity contribution in [1.82, 2.24) is 0 Å². The Morgan fingerprint density at radius 2 is 2.00 bits per heavy atom. The standard InChI is InChI=1S/C15H18O3S/c1-10(15(17)18)13-8-7-12(9-14(13)16)19-11-5-3-2-4-6-11/h2-6,10,12-13H,7-9H2,1H3,(H,17,18). The first-order valence-corrected chi connectivity index (χ1v) is 7.43. The van der Waals surface area contributed by atoms with E-state index in [0.717, 1.165) is 6.42 Å². The lowest BCUT2D eigenvalue weighted by Crippen LogP contribution is -2.34. The van der Waals surface area contributed by atoms with Crippen molar-refractivity contribution in [3.8, 4) is 0 Å². The number of carboxylic acid groups (broad SMARTS) is 1. The van der Waals surface area contributed by atoms with E-state index in [-0.39, 0.29) is 17.0 Å². The molecule has 0 spiro atoms. The van der Waals surface area contributed by atoms with Crippen LogP contribution in [0.3, 0.4) is 0 Å². The molecule has 3 nitrogen and oxygen atoms in total. The molecular weight excluding hydrogens is 260 g/mol. The highest BCUT2D eigenvalue weighted by molar-refractivity contribution is 8.00. The predicted octanol–water partition coefficient (Wildman–Crippen LogP) is 3.24. The first kappa shape index (κ1) is 14.1. The third-order valence-corrected chi connectivity index (χ3v) is 4.96. The molecule has 0 heterocycles. The zero-order valence-corrected chi connectivity index (χ0v) is 11.7. The molecule has 0 saturated heterocycles. The predicted molar refractivity (Wildman–Crippen MR) is 75.2 cm³/mol. The quantitative estimate of drug-likeness (QED) is 0.918. The molecule has 2 rings (SSSR count). The van der Waals surface area contributed by atoms with E-state index in [4.69, 9.17) is 5.11 Å². The van der Waals surface area contributed by atoms with Crippen molar-refractivity contribution in [2.24, 2.45) is 11.8 Å². The van der Waals surface area contributed by atoms with Crippen molar-refractivity contribution in [3.63, 3.8) is 0 Å². The lowest BCUT2D eigenvalue weighted by atomic mass is 9.79. The Morgan fingerprint density at radius 1 is 1.32 bits per heavy atom. The molecule has 0 radical (unpaired) electrons. The Kier molecular flexibility index (Phi) is 4.64. The minimum atomic E-state index is -0.868. The van der Waals surface area contributed by atoms with Crippen LogP contribution in [0.5, 0.6) is 0 Å². The summed E-state index contributed by atoms with van der Waals surface area (Å²) in [6, 6.07) is 10.0. The third kappa shape index (κ3) is 3.60. The molecule has 3 atom stereocenters. The van der Waals surface area contributed by atoms with Crippen molar-refractivity contribution >= 4 is 23.5 Å². The summed E-state index contributed by atoms with van der Waals surface area (Å²) in [6.45, 7) is 1.63. The number of benzene rings is 1. The number of rotatable bonds is 4. The molecule has 0 aromatic heterocycles. The maximum Gasteiger partial charge on any atom is 0.306 e. The summed E-state index contributed by atoms with van der Waals surface area (Å²) in [5.41, 5.74) is 0. The van der Waals surface area contributed by atoms with Gasteiger partial charge in [0.1, 0.15) is 5.78 Å². The van der Waals surface area contributed by atoms with Crippen LogP contribution in [-0.4, -0.2) is 22.1 Å². The molecular formula is C15H18O3S. The summed E-state index contributed by atoms with van der Waals surface area (Å²) in [5, 5.41) is 9.28. The monoisotopic (exact) mass is 278 g/mol. The molecule has 1 N–H and O–H groups in total. The maximum absolute atomic E-state index is 12.1. The SMILES string of the molecule is CC(C(=O)O)C1CCC(Sc2ccccc2)CC1=O. The van der Waals surface area contributed by atoms with Crippen LogP contribution < -0.4 is 0 Å². The zero-order valence-electron chi connectivity index (χ0n) is 10.9. The second-order valence-corrected chi connectivity index (χ2v) is 6.41. The van der Waals surface area contributed by atoms with Crippen LogP contribution >= 0.6 is 11.8 Å². The fraction of sp³-hybridized carbons (Fsp3) is 0.467. The Bertz CT molecular complexity index is 458. The van der Waals surface area contributed by atoms with Gasteiger partial charge in [-0.1, -0.05) is 25.1 Å². The molecule has 3 unspecified atom stereocenters. The number of carbonyl (C=O) groups excluding carboxylic acids is 1. The van der Waals surface area contributed by atoms with Gasteiger partial charge in [0.05, 0.1) is 5.92 Å². The number of carboxylic acids is 1. The normalized spacial score (nSPS) is 25.0. The smallest absolute Gasteiger partial charge is 0.306 e. The summed E-state index contributed by atoms with van der Waals surface area (Å²) in [4.78, 5) is 24.2. The Hall–Kier alpha value is -1.29. The van der Waals surface area contributed by atoms with Gasteiger partial charge in [0.15, 0.2) is 0 Å². The minimum absolute atomic E-state index is 0.106. The number of hydrogen-bond acceptors (Lipinski definition) is 3. The van der Waals surface area contributed by atoms with Crippen molar-refractivity contribution in [3.05, 3.63) is 30.3 Å². The maximum atomic E-state index is 12.1. The molecule has 1 fully saturated rings. The third-order valence-electron chi connectivity index (χ3n) is 3.68. The van der Waals surface area contributed by atoms with Crippen LogP contribution in [-0.2, 0) is 9.59 Å². The van der Waals surface area contributed by atoms with Crippen LogP contribution in [0.2, 0.25) is 0 Å². The van der Waals surface area contributed by atoms with E-state index in [2.05, 4.69) is 0 Å². The van der Waals surface area contributed by atoms with Gasteiger partial charge >= 0.3 is 5.97 Å². The van der Waals surface area contributed by atoms with Crippen molar-refractivity contribution in [1.29, 1.82) is 0 Å². The van der Waals surface area contributed by atoms with E-state index in [1.165, 1.54) is 4.90 Å². The molecule has 0 bridgehead atoms. The molecule has 102 valence electrons. The molecule has 1 aliphatic carbocycles. The van der Waals surface area contributed by atoms with E-state index < -0.39 is 11.9 Å². The molecule has 1 saturated carbocycles. The molecule has 4 heteroatoms. The first-order valence-electron chi connectivity index (χ1n) is 6.55. The van der Waals surface area contributed by atoms with E-state index in [1.807, 2.05) is 30.3 Å². The van der Waals surface area contributed by atoms with Gasteiger partial charge in [0.2, 0.25) is 0 Å². The van der Waals surface area contributed by atoms with Crippen molar-refractivity contribution in [2.75, 3.05) is 0 Å². The van der Waals surface area contributed by atoms with E-state index in [1.54, 1.807) is 18.7 Å². The second-order valence-electron chi connectivity index (χ2n) is 5.03. The summed E-state index contributed by atoms with van der Waals surface area (Å²) in [6.07, 6.45) is 2.09. The van der Waals surface area contributed by atoms with Gasteiger partial charge in [-0.15, -0.1) is 11.8 Å². The van der Waals surface area contributed by atoms with Gasteiger partial charge in [-0.05, 0) is 25.0 Å². The number of Topliss-reactive ketones (excluding diaryl/α,β-unsaturated/α-hetero) is 1. The second kappa shape index (κ2) is 6.24. The molecule has 0 aliphatic heterocycles. The van der Waals surface area contributed by atoms with E-state index in [0.29, 0.717) is 12.8 Å². The fourth-order valence-electron chi connectivity index (χ4n) is 2.50. The lowest BCUT2D eigenvalue weighted by Gasteiger charge is -2.29. The van der Waals surface area contributed by atoms with Crippen LogP contribution in [0.4, 0.5) is 0 Å². The highest BCUT2D eigenvalue weighted by Gasteiger charge is 2.35. The largest absolute Gasteiger partial charge is 0.481 e. The van der Waals surface area contributed by atoms with Crippen molar-refractivity contribution in [2.45, 2.75) is 36.3 Å². The lowest BCUT2D eigenvalue weighted by molar-refractivity contribution is -0.146. The van der Waals surface area contributed by atoms with E-state index in [9.17, 15) is 9.59 Å². The van der Waals surface area contributed by atoms with Gasteiger partial charge in [-0.25, -0.2) is 0 Å². The first-order chi connectivity index (χ1) is 9.08. The fourth-order valence-corrected chi connectivity index (χ4v) is 3.70. The Balaban J connectivity index is 1.93. The number of carbonyl (C=O) groups is 2. The highest BCUT2D eigenvalue weighted by Crippen LogP contribution is 2.36. The average molecular weight is 278 g/mol. The zero-order chi connectivity index (χ0) is 13.8. The summed E-state index contributed by atoms with van der Waals surface area (Å²) in [5.74, 6) is -1.62. The van der Waals surface area contributed by atoms with E-state index >= 15 is 0 Å². The average Bonchev–Trinajstić information content (AvgIpc) is 2.39. The number of hydrogen-bond donors (Lipinski definition) is 1. The Labute approximate surface area is 117 Å². The van der Waals surface area contributed by atoms with Gasteiger partial charge in [0, 0.05) is 22.5 Å². The molecule has 0 amide bonds. The number of aliphatic carboxylic acids is 1. The van der Waals surface area contributed by atoms with Gasteiger partial charge < -0.3 is 5.11 Å². The summed E-state index contributed by atoms with van der Waals surface area (Å²) >= 11 is 1.72.